The number of allylic oxidation sites excluding steroid dienone is 1. The Hall–Kier alpha value is 0.530. The topological polar surface area (TPSA) is 0 Å². The fourth-order valence-electron chi connectivity index (χ4n) is 1.63. The summed E-state index contributed by atoms with van der Waals surface area (Å²) in [5, 5.41) is 0. The second-order valence-electron chi connectivity index (χ2n) is 3.12. The van der Waals surface area contributed by atoms with Crippen LogP contribution in [0.2, 0.25) is 12.4 Å². The van der Waals surface area contributed by atoms with Gasteiger partial charge in [-0.3, -0.25) is 0 Å². The van der Waals surface area contributed by atoms with Crippen LogP contribution in [0.1, 0.15) is 26.7 Å². The van der Waals surface area contributed by atoms with Crippen molar-refractivity contribution in [1.29, 1.82) is 0 Å². The quantitative estimate of drug-likeness (QED) is 0.523. The van der Waals surface area contributed by atoms with E-state index in [9.17, 15) is 0 Å². The number of hydrogen-bond acceptors (Lipinski definition) is 0. The molecule has 0 aromatic rings. The third-order valence-electron chi connectivity index (χ3n) is 2.32. The Morgan fingerprint density at radius 2 is 1.90 bits per heavy atom. The molecule has 1 fully saturated rings. The van der Waals surface area contributed by atoms with Gasteiger partial charge in [-0.25, -0.2) is 0 Å². The van der Waals surface area contributed by atoms with E-state index in [0.29, 0.717) is 0 Å². The zero-order valence-corrected chi connectivity index (χ0v) is 9.30. The molecule has 0 aliphatic carbocycles. The van der Waals surface area contributed by atoms with E-state index in [1.807, 2.05) is 0 Å². The van der Waals surface area contributed by atoms with Crippen LogP contribution < -0.4 is 0 Å². The molecule has 1 rings (SSSR count). The van der Waals surface area contributed by atoms with Crippen molar-refractivity contribution in [2.75, 3.05) is 0 Å². The third kappa shape index (κ3) is 1.77. The molecular weight excluding hydrogens is 236 g/mol. The van der Waals surface area contributed by atoms with E-state index in [2.05, 4.69) is 26.5 Å². The van der Waals surface area contributed by atoms with Gasteiger partial charge in [0.15, 0.2) is 0 Å². The summed E-state index contributed by atoms with van der Waals surface area (Å²) in [6.45, 7) is 8.73. The van der Waals surface area contributed by atoms with Crippen molar-refractivity contribution in [2.24, 2.45) is 0 Å². The predicted octanol–water partition coefficient (Wildman–Crippen LogP) is 3.24. The fraction of sp³-hybridized carbons (Fsp3) is 0.778. The average Bonchev–Trinajstić information content (AvgIpc) is 2.20. The van der Waals surface area contributed by atoms with Crippen LogP contribution in [-0.4, -0.2) is 19.6 Å². The molecule has 0 amide bonds. The summed E-state index contributed by atoms with van der Waals surface area (Å²) in [5.41, 5.74) is 0. The van der Waals surface area contributed by atoms with Gasteiger partial charge in [0.05, 0.1) is 0 Å². The van der Waals surface area contributed by atoms with Crippen LogP contribution in [0.15, 0.2) is 12.7 Å². The summed E-state index contributed by atoms with van der Waals surface area (Å²) in [5.74, 6) is 0. The van der Waals surface area contributed by atoms with E-state index >= 15 is 0 Å². The summed E-state index contributed by atoms with van der Waals surface area (Å²) in [4.78, 5) is 0. The fourth-order valence-corrected chi connectivity index (χ4v) is 9.05. The van der Waals surface area contributed by atoms with Crippen molar-refractivity contribution in [3.05, 3.63) is 12.7 Å². The summed E-state index contributed by atoms with van der Waals surface area (Å²) in [7, 11) is 0. The van der Waals surface area contributed by atoms with Gasteiger partial charge in [-0.15, -0.1) is 0 Å². The molecule has 0 aromatic heterocycles. The minimum absolute atomic E-state index is 0.682. The summed E-state index contributed by atoms with van der Waals surface area (Å²) in [6.07, 6.45) is 5.16. The molecule has 2 unspecified atom stereocenters. The van der Waals surface area contributed by atoms with Crippen LogP contribution in [-0.2, 0) is 0 Å². The second kappa shape index (κ2) is 3.79. The molecule has 0 aromatic carbocycles. The van der Waals surface area contributed by atoms with Crippen molar-refractivity contribution >= 4 is 19.6 Å². The Morgan fingerprint density at radius 1 is 1.40 bits per heavy atom. The molecule has 1 heterocycles. The van der Waals surface area contributed by atoms with Gasteiger partial charge in [0.1, 0.15) is 0 Å². The number of rotatable bonds is 2. The molecule has 0 radical (unpaired) electrons. The van der Waals surface area contributed by atoms with Gasteiger partial charge in [-0.2, -0.15) is 0 Å². The molecule has 1 heteroatoms. The van der Waals surface area contributed by atoms with Gasteiger partial charge >= 0.3 is 71.3 Å². The van der Waals surface area contributed by atoms with Gasteiger partial charge in [0.25, 0.3) is 0 Å². The van der Waals surface area contributed by atoms with E-state index < -0.39 is 19.6 Å². The van der Waals surface area contributed by atoms with Crippen molar-refractivity contribution in [3.8, 4) is 0 Å². The molecule has 10 heavy (non-hydrogen) atoms. The first-order chi connectivity index (χ1) is 4.75. The standard InChI is InChI=1S/C9H17Te/c1-4-7-10-8(2)5-6-9(10)3/h4,8-9H,1,5-7H2,2-3H3/q+1. The third-order valence-corrected chi connectivity index (χ3v) is 11.3. The Kier molecular flexibility index (Phi) is 3.27. The van der Waals surface area contributed by atoms with Gasteiger partial charge in [0.2, 0.25) is 0 Å². The molecule has 0 nitrogen and oxygen atoms in total. The van der Waals surface area contributed by atoms with E-state index in [1.165, 1.54) is 17.3 Å². The van der Waals surface area contributed by atoms with Gasteiger partial charge in [-0.05, 0) is 0 Å². The predicted molar refractivity (Wildman–Crippen MR) is 48.8 cm³/mol. The molecule has 58 valence electrons. The minimum atomic E-state index is -0.682. The van der Waals surface area contributed by atoms with Gasteiger partial charge in [-0.1, -0.05) is 0 Å². The van der Waals surface area contributed by atoms with Crippen molar-refractivity contribution in [1.82, 2.24) is 0 Å². The molecular formula is C9H17Te+. The van der Waals surface area contributed by atoms with Crippen LogP contribution in [0, 0.1) is 0 Å². The molecule has 0 N–H and O–H groups in total. The first-order valence-corrected chi connectivity index (χ1v) is 8.39. The van der Waals surface area contributed by atoms with Crippen LogP contribution >= 0.6 is 0 Å². The maximum atomic E-state index is 3.84. The van der Waals surface area contributed by atoms with Crippen LogP contribution in [0.4, 0.5) is 0 Å². The molecule has 1 aliphatic heterocycles. The van der Waals surface area contributed by atoms with Crippen LogP contribution in [0.5, 0.6) is 0 Å². The Labute approximate surface area is 71.3 Å². The zero-order chi connectivity index (χ0) is 7.56. The second-order valence-corrected chi connectivity index (χ2v) is 11.3. The normalized spacial score (nSPS) is 34.6. The van der Waals surface area contributed by atoms with E-state index in [1.54, 1.807) is 0 Å². The average molecular weight is 253 g/mol. The molecule has 1 aliphatic rings. The van der Waals surface area contributed by atoms with Gasteiger partial charge < -0.3 is 0 Å². The van der Waals surface area contributed by atoms with Crippen molar-refractivity contribution < 1.29 is 0 Å². The molecule has 2 atom stereocenters. The molecule has 0 saturated carbocycles. The Morgan fingerprint density at radius 3 is 2.30 bits per heavy atom. The van der Waals surface area contributed by atoms with E-state index in [4.69, 9.17) is 0 Å². The van der Waals surface area contributed by atoms with E-state index in [0.717, 1.165) is 7.93 Å². The molecule has 0 spiro atoms. The Bertz CT molecular complexity index is 110. The van der Waals surface area contributed by atoms with E-state index in [-0.39, 0.29) is 0 Å². The molecule has 0 bridgehead atoms. The summed E-state index contributed by atoms with van der Waals surface area (Å²) >= 11 is -0.682. The SMILES string of the molecule is C=CC[Te+]1C(C)CCC1C. The summed E-state index contributed by atoms with van der Waals surface area (Å²) < 4.78 is 3.61. The maximum absolute atomic E-state index is 3.84. The summed E-state index contributed by atoms with van der Waals surface area (Å²) in [6, 6.07) is 0. The van der Waals surface area contributed by atoms with Crippen LogP contribution in [0.3, 0.4) is 0 Å². The van der Waals surface area contributed by atoms with Crippen molar-refractivity contribution in [3.63, 3.8) is 0 Å². The molecule has 1 saturated heterocycles. The van der Waals surface area contributed by atoms with Gasteiger partial charge in [0, 0.05) is 0 Å². The number of hydrogen-bond donors (Lipinski definition) is 0. The van der Waals surface area contributed by atoms with Crippen molar-refractivity contribution in [2.45, 2.75) is 39.1 Å². The first kappa shape index (κ1) is 8.62. The zero-order valence-electron chi connectivity index (χ0n) is 6.97. The first-order valence-electron chi connectivity index (χ1n) is 4.05. The monoisotopic (exact) mass is 255 g/mol. The Balaban J connectivity index is 2.45. The van der Waals surface area contributed by atoms with Crippen LogP contribution in [0.25, 0.3) is 0 Å².